The maximum atomic E-state index is 9.96. The molecule has 0 saturated heterocycles. The maximum Gasteiger partial charge on any atom is 0.125 e. The van der Waals surface area contributed by atoms with Crippen LogP contribution in [0.15, 0.2) is 59.5 Å². The van der Waals surface area contributed by atoms with Crippen molar-refractivity contribution in [2.45, 2.75) is 24.3 Å². The van der Waals surface area contributed by atoms with Crippen LogP contribution in [0.25, 0.3) is 0 Å². The third-order valence-electron chi connectivity index (χ3n) is 3.02. The summed E-state index contributed by atoms with van der Waals surface area (Å²) in [6, 6.07) is 18.0. The highest BCUT2D eigenvalue weighted by Gasteiger charge is 2.10. The van der Waals surface area contributed by atoms with Crippen molar-refractivity contribution >= 4 is 11.8 Å². The Morgan fingerprint density at radius 2 is 1.75 bits per heavy atom. The van der Waals surface area contributed by atoms with Crippen molar-refractivity contribution in [1.29, 1.82) is 0 Å². The summed E-state index contributed by atoms with van der Waals surface area (Å²) in [7, 11) is 0. The van der Waals surface area contributed by atoms with E-state index in [1.165, 1.54) is 4.90 Å². The van der Waals surface area contributed by atoms with Crippen LogP contribution in [0.5, 0.6) is 5.75 Å². The zero-order valence-corrected chi connectivity index (χ0v) is 12.5. The van der Waals surface area contributed by atoms with Gasteiger partial charge < -0.3 is 9.84 Å². The number of thioether (sulfide) groups is 1. The van der Waals surface area contributed by atoms with Gasteiger partial charge in [-0.05, 0) is 24.6 Å². The second kappa shape index (κ2) is 7.98. The predicted molar refractivity (Wildman–Crippen MR) is 84.4 cm³/mol. The molecule has 2 aromatic carbocycles. The van der Waals surface area contributed by atoms with E-state index in [9.17, 15) is 5.11 Å². The molecule has 0 spiro atoms. The number of aliphatic hydroxyl groups excluding tert-OH is 1. The van der Waals surface area contributed by atoms with E-state index in [4.69, 9.17) is 4.74 Å². The van der Waals surface area contributed by atoms with Gasteiger partial charge in [-0.1, -0.05) is 43.3 Å². The normalized spacial score (nSPS) is 12.1. The molecule has 106 valence electrons. The topological polar surface area (TPSA) is 29.5 Å². The highest BCUT2D eigenvalue weighted by molar-refractivity contribution is 7.99. The molecule has 0 bridgehead atoms. The minimum atomic E-state index is -0.451. The fourth-order valence-corrected chi connectivity index (χ4v) is 2.69. The van der Waals surface area contributed by atoms with Crippen molar-refractivity contribution in [3.8, 4) is 5.75 Å². The molecule has 0 aliphatic carbocycles. The predicted octanol–water partition coefficient (Wildman–Crippen LogP) is 4.30. The lowest BCUT2D eigenvalue weighted by Crippen LogP contribution is -2.05. The number of benzene rings is 2. The molecule has 0 unspecified atom stereocenters. The van der Waals surface area contributed by atoms with Crippen LogP contribution in [0.2, 0.25) is 0 Å². The monoisotopic (exact) mass is 288 g/mol. The summed E-state index contributed by atoms with van der Waals surface area (Å²) < 4.78 is 5.80. The molecule has 1 N–H and O–H groups in total. The number of ether oxygens (including phenoxy) is 1. The molecule has 2 rings (SSSR count). The molecule has 0 saturated carbocycles. The van der Waals surface area contributed by atoms with Crippen LogP contribution in [-0.4, -0.2) is 17.5 Å². The van der Waals surface area contributed by atoms with Crippen molar-refractivity contribution in [2.24, 2.45) is 0 Å². The van der Waals surface area contributed by atoms with E-state index in [1.807, 2.05) is 49.4 Å². The summed E-state index contributed by atoms with van der Waals surface area (Å²) >= 11 is 1.77. The summed E-state index contributed by atoms with van der Waals surface area (Å²) in [6.45, 7) is 2.60. The highest BCUT2D eigenvalue weighted by atomic mass is 32.2. The van der Waals surface area contributed by atoms with Gasteiger partial charge >= 0.3 is 0 Å². The van der Waals surface area contributed by atoms with Gasteiger partial charge in [0.15, 0.2) is 0 Å². The molecular formula is C17H20O2S. The lowest BCUT2D eigenvalue weighted by molar-refractivity contribution is 0.168. The van der Waals surface area contributed by atoms with Crippen molar-refractivity contribution in [3.63, 3.8) is 0 Å². The van der Waals surface area contributed by atoms with Crippen LogP contribution < -0.4 is 4.74 Å². The zero-order chi connectivity index (χ0) is 14.2. The van der Waals surface area contributed by atoms with Crippen LogP contribution in [0.3, 0.4) is 0 Å². The Morgan fingerprint density at radius 3 is 2.50 bits per heavy atom. The first-order chi connectivity index (χ1) is 9.81. The van der Waals surface area contributed by atoms with E-state index in [0.717, 1.165) is 17.1 Å². The van der Waals surface area contributed by atoms with E-state index in [-0.39, 0.29) is 0 Å². The standard InChI is InChI=1S/C17H20O2S/c1-2-16(18)15-10-6-7-11-17(15)19-12-13-20-14-8-4-3-5-9-14/h3-11,16,18H,2,12-13H2,1H3/t16-/m0/s1. The van der Waals surface area contributed by atoms with Crippen molar-refractivity contribution in [1.82, 2.24) is 0 Å². The summed E-state index contributed by atoms with van der Waals surface area (Å²) in [6.07, 6.45) is 0.243. The SMILES string of the molecule is CC[C@H](O)c1ccccc1OCCSc1ccccc1. The van der Waals surface area contributed by atoms with E-state index >= 15 is 0 Å². The molecule has 0 aliphatic rings. The second-order valence-electron chi connectivity index (χ2n) is 4.47. The Hall–Kier alpha value is -1.45. The molecular weight excluding hydrogens is 268 g/mol. The van der Waals surface area contributed by atoms with E-state index in [2.05, 4.69) is 12.1 Å². The summed E-state index contributed by atoms with van der Waals surface area (Å²) in [4.78, 5) is 1.25. The molecule has 0 heterocycles. The minimum absolute atomic E-state index is 0.451. The molecule has 20 heavy (non-hydrogen) atoms. The van der Waals surface area contributed by atoms with Crippen LogP contribution in [0.4, 0.5) is 0 Å². The number of hydrogen-bond donors (Lipinski definition) is 1. The van der Waals surface area contributed by atoms with Gasteiger partial charge in [-0.2, -0.15) is 0 Å². The summed E-state index contributed by atoms with van der Waals surface area (Å²) in [5, 5.41) is 9.96. The fourth-order valence-electron chi connectivity index (χ4n) is 1.94. The largest absolute Gasteiger partial charge is 0.492 e. The highest BCUT2D eigenvalue weighted by Crippen LogP contribution is 2.27. The van der Waals surface area contributed by atoms with Gasteiger partial charge in [-0.3, -0.25) is 0 Å². The number of para-hydroxylation sites is 1. The fraction of sp³-hybridized carbons (Fsp3) is 0.294. The first kappa shape index (κ1) is 14.9. The Bertz CT molecular complexity index is 513. The molecule has 0 fully saturated rings. The second-order valence-corrected chi connectivity index (χ2v) is 5.64. The van der Waals surface area contributed by atoms with Crippen LogP contribution >= 0.6 is 11.8 Å². The lowest BCUT2D eigenvalue weighted by Gasteiger charge is -2.14. The van der Waals surface area contributed by atoms with Gasteiger partial charge in [0.25, 0.3) is 0 Å². The molecule has 1 atom stereocenters. The molecule has 2 nitrogen and oxygen atoms in total. The first-order valence-corrected chi connectivity index (χ1v) is 7.87. The Morgan fingerprint density at radius 1 is 1.05 bits per heavy atom. The van der Waals surface area contributed by atoms with Crippen molar-refractivity contribution in [3.05, 3.63) is 60.2 Å². The molecule has 2 aromatic rings. The maximum absolute atomic E-state index is 9.96. The average Bonchev–Trinajstić information content (AvgIpc) is 2.52. The third-order valence-corrected chi connectivity index (χ3v) is 3.99. The van der Waals surface area contributed by atoms with Gasteiger partial charge in [0.1, 0.15) is 5.75 Å². The quantitative estimate of drug-likeness (QED) is 0.608. The van der Waals surface area contributed by atoms with Gasteiger partial charge in [0.05, 0.1) is 12.7 Å². The molecule has 0 radical (unpaired) electrons. The van der Waals surface area contributed by atoms with E-state index in [0.29, 0.717) is 13.0 Å². The van der Waals surface area contributed by atoms with Crippen molar-refractivity contribution < 1.29 is 9.84 Å². The van der Waals surface area contributed by atoms with Gasteiger partial charge in [-0.25, -0.2) is 0 Å². The van der Waals surface area contributed by atoms with Crippen molar-refractivity contribution in [2.75, 3.05) is 12.4 Å². The lowest BCUT2D eigenvalue weighted by atomic mass is 10.1. The van der Waals surface area contributed by atoms with E-state index < -0.39 is 6.10 Å². The molecule has 0 aromatic heterocycles. The first-order valence-electron chi connectivity index (χ1n) is 6.89. The number of rotatable bonds is 7. The average molecular weight is 288 g/mol. The molecule has 0 amide bonds. The smallest absolute Gasteiger partial charge is 0.125 e. The number of aliphatic hydroxyl groups is 1. The Labute approximate surface area is 124 Å². The summed E-state index contributed by atoms with van der Waals surface area (Å²) in [5.41, 5.74) is 0.875. The number of hydrogen-bond acceptors (Lipinski definition) is 3. The van der Waals surface area contributed by atoms with Gasteiger partial charge in [-0.15, -0.1) is 11.8 Å². The van der Waals surface area contributed by atoms with Crippen LogP contribution in [-0.2, 0) is 0 Å². The zero-order valence-electron chi connectivity index (χ0n) is 11.7. The third kappa shape index (κ3) is 4.29. The molecule has 3 heteroatoms. The summed E-state index contributed by atoms with van der Waals surface area (Å²) in [5.74, 6) is 1.68. The van der Waals surface area contributed by atoms with Gasteiger partial charge in [0, 0.05) is 16.2 Å². The molecule has 0 aliphatic heterocycles. The van der Waals surface area contributed by atoms with Crippen LogP contribution in [0, 0.1) is 0 Å². The van der Waals surface area contributed by atoms with Gasteiger partial charge in [0.2, 0.25) is 0 Å². The van der Waals surface area contributed by atoms with E-state index in [1.54, 1.807) is 11.8 Å². The van der Waals surface area contributed by atoms with Crippen LogP contribution in [0.1, 0.15) is 25.0 Å². The minimum Gasteiger partial charge on any atom is -0.492 e. The Kier molecular flexibility index (Phi) is 5.96. The Balaban J connectivity index is 1.85.